The second-order valence-electron chi connectivity index (χ2n) is 11.3. The number of halogens is 6. The Balaban J connectivity index is 1.17. The van der Waals surface area contributed by atoms with E-state index in [0.29, 0.717) is 21.8 Å². The highest BCUT2D eigenvalue weighted by molar-refractivity contribution is 6.10. The van der Waals surface area contributed by atoms with Crippen molar-refractivity contribution in [2.24, 2.45) is 0 Å². The molecular formula is C38H22F6N2. The molecule has 46 heavy (non-hydrogen) atoms. The second kappa shape index (κ2) is 10.0. The van der Waals surface area contributed by atoms with Crippen LogP contribution in [0.4, 0.5) is 26.3 Å². The van der Waals surface area contributed by atoms with Crippen LogP contribution in [-0.4, -0.2) is 9.13 Å². The minimum Gasteiger partial charge on any atom is -0.309 e. The van der Waals surface area contributed by atoms with Crippen LogP contribution >= 0.6 is 0 Å². The molecule has 0 aliphatic carbocycles. The van der Waals surface area contributed by atoms with Crippen molar-refractivity contribution < 1.29 is 26.3 Å². The average Bonchev–Trinajstić information content (AvgIpc) is 3.56. The first kappa shape index (κ1) is 28.0. The number of para-hydroxylation sites is 2. The van der Waals surface area contributed by atoms with Crippen LogP contribution in [0.5, 0.6) is 0 Å². The summed E-state index contributed by atoms with van der Waals surface area (Å²) in [5, 5.41) is 2.54. The van der Waals surface area contributed by atoms with Gasteiger partial charge in [-0.2, -0.15) is 26.3 Å². The maximum Gasteiger partial charge on any atom is 0.416 e. The van der Waals surface area contributed by atoms with E-state index in [0.717, 1.165) is 56.4 Å². The molecule has 0 saturated heterocycles. The lowest BCUT2D eigenvalue weighted by Crippen LogP contribution is -2.04. The number of benzene rings is 6. The van der Waals surface area contributed by atoms with Crippen molar-refractivity contribution in [2.45, 2.75) is 12.4 Å². The van der Waals surface area contributed by atoms with Gasteiger partial charge in [0.1, 0.15) is 0 Å². The van der Waals surface area contributed by atoms with Gasteiger partial charge in [-0.1, -0.05) is 60.7 Å². The van der Waals surface area contributed by atoms with Gasteiger partial charge in [-0.05, 0) is 83.9 Å². The van der Waals surface area contributed by atoms with Crippen LogP contribution in [0, 0.1) is 0 Å². The molecule has 0 aliphatic heterocycles. The molecule has 8 rings (SSSR count). The van der Waals surface area contributed by atoms with Gasteiger partial charge in [-0.15, -0.1) is 0 Å². The molecular weight excluding hydrogens is 598 g/mol. The third kappa shape index (κ3) is 4.43. The molecule has 2 nitrogen and oxygen atoms in total. The van der Waals surface area contributed by atoms with Crippen LogP contribution in [0.3, 0.4) is 0 Å². The second-order valence-corrected chi connectivity index (χ2v) is 11.3. The van der Waals surface area contributed by atoms with Crippen LogP contribution in [0.2, 0.25) is 0 Å². The van der Waals surface area contributed by atoms with Gasteiger partial charge in [0.25, 0.3) is 0 Å². The van der Waals surface area contributed by atoms with E-state index in [9.17, 15) is 26.3 Å². The van der Waals surface area contributed by atoms with Crippen LogP contribution in [0.15, 0.2) is 133 Å². The fraction of sp³-hybridized carbons (Fsp3) is 0.0526. The van der Waals surface area contributed by atoms with Gasteiger partial charge in [0, 0.05) is 32.9 Å². The zero-order valence-electron chi connectivity index (χ0n) is 23.9. The minimum absolute atomic E-state index is 0.532. The zero-order valence-corrected chi connectivity index (χ0v) is 23.9. The smallest absolute Gasteiger partial charge is 0.309 e. The highest BCUT2D eigenvalue weighted by atomic mass is 19.4. The number of alkyl halides is 6. The standard InChI is InChI=1S/C38H22F6N2/c39-37(40,41)25-13-19-35-31(21-25)29-5-1-3-7-33(29)45(35)27-15-9-23(10-16-27)24-11-17-28(18-12-24)46-34-8-4-2-6-30(34)32-22-26(38(42,43)44)14-20-36(32)46/h1-22H. The van der Waals surface area contributed by atoms with E-state index in [1.165, 1.54) is 24.3 Å². The molecule has 2 aromatic heterocycles. The molecule has 0 amide bonds. The van der Waals surface area contributed by atoms with Crippen molar-refractivity contribution in [3.8, 4) is 22.5 Å². The van der Waals surface area contributed by atoms with Crippen molar-refractivity contribution in [1.82, 2.24) is 9.13 Å². The van der Waals surface area contributed by atoms with Crippen molar-refractivity contribution >= 4 is 43.6 Å². The van der Waals surface area contributed by atoms with Gasteiger partial charge >= 0.3 is 12.4 Å². The van der Waals surface area contributed by atoms with Gasteiger partial charge in [0.05, 0.1) is 33.2 Å². The van der Waals surface area contributed by atoms with Crippen LogP contribution in [0.25, 0.3) is 66.1 Å². The summed E-state index contributed by atoms with van der Waals surface area (Å²) >= 11 is 0. The third-order valence-electron chi connectivity index (χ3n) is 8.58. The van der Waals surface area contributed by atoms with Crippen LogP contribution in [0.1, 0.15) is 11.1 Å². The lowest BCUT2D eigenvalue weighted by Gasteiger charge is -2.12. The molecule has 8 aromatic rings. The highest BCUT2D eigenvalue weighted by Crippen LogP contribution is 2.39. The maximum absolute atomic E-state index is 13.5. The Hall–Kier alpha value is -5.50. The predicted octanol–water partition coefficient (Wildman–Crippen LogP) is 11.6. The molecule has 0 spiro atoms. The topological polar surface area (TPSA) is 9.86 Å². The maximum atomic E-state index is 13.5. The fourth-order valence-electron chi connectivity index (χ4n) is 6.46. The first-order valence-electron chi connectivity index (χ1n) is 14.5. The molecule has 0 saturated carbocycles. The Kier molecular flexibility index (Phi) is 6.09. The van der Waals surface area contributed by atoms with Gasteiger partial charge in [-0.3, -0.25) is 0 Å². The SMILES string of the molecule is FC(F)(F)c1ccc2c(c1)c1ccccc1n2-c1ccc(-c2ccc(-n3c4ccccc4c4cc(C(F)(F)F)ccc43)cc2)cc1. The number of aromatic nitrogens is 2. The van der Waals surface area contributed by atoms with Crippen molar-refractivity contribution in [3.05, 3.63) is 145 Å². The lowest BCUT2D eigenvalue weighted by atomic mass is 10.0. The first-order chi connectivity index (χ1) is 22.1. The number of rotatable bonds is 3. The van der Waals surface area contributed by atoms with Gasteiger partial charge in [0.15, 0.2) is 0 Å². The van der Waals surface area contributed by atoms with E-state index in [1.807, 2.05) is 106 Å². The van der Waals surface area contributed by atoms with Crippen LogP contribution < -0.4 is 0 Å². The number of fused-ring (bicyclic) bond motifs is 6. The molecule has 0 fully saturated rings. The minimum atomic E-state index is -4.44. The number of nitrogens with zero attached hydrogens (tertiary/aromatic N) is 2. The van der Waals surface area contributed by atoms with Crippen molar-refractivity contribution in [2.75, 3.05) is 0 Å². The monoisotopic (exact) mass is 620 g/mol. The Morgan fingerprint density at radius 2 is 0.696 bits per heavy atom. The van der Waals surface area contributed by atoms with E-state index in [1.54, 1.807) is 0 Å². The highest BCUT2D eigenvalue weighted by Gasteiger charge is 2.32. The number of hydrogen-bond acceptors (Lipinski definition) is 0. The van der Waals surface area contributed by atoms with E-state index in [4.69, 9.17) is 0 Å². The molecule has 0 bridgehead atoms. The summed E-state index contributed by atoms with van der Waals surface area (Å²) in [6, 6.07) is 38.1. The summed E-state index contributed by atoms with van der Waals surface area (Å²) in [7, 11) is 0. The van der Waals surface area contributed by atoms with Crippen molar-refractivity contribution in [3.63, 3.8) is 0 Å². The summed E-state index contributed by atoms with van der Waals surface area (Å²) in [5.74, 6) is 0. The molecule has 6 aromatic carbocycles. The molecule has 8 heteroatoms. The average molecular weight is 621 g/mol. The molecule has 0 aliphatic rings. The van der Waals surface area contributed by atoms with Gasteiger partial charge < -0.3 is 9.13 Å². The first-order valence-corrected chi connectivity index (χ1v) is 14.5. The molecule has 2 heterocycles. The Labute approximate surface area is 258 Å². The molecule has 0 radical (unpaired) electrons. The lowest BCUT2D eigenvalue weighted by molar-refractivity contribution is -0.138. The van der Waals surface area contributed by atoms with E-state index in [-0.39, 0.29) is 0 Å². The molecule has 0 N–H and O–H groups in total. The third-order valence-corrected chi connectivity index (χ3v) is 8.58. The predicted molar refractivity (Wildman–Crippen MR) is 171 cm³/mol. The summed E-state index contributed by atoms with van der Waals surface area (Å²) in [5.41, 5.74) is 5.11. The summed E-state index contributed by atoms with van der Waals surface area (Å²) in [4.78, 5) is 0. The summed E-state index contributed by atoms with van der Waals surface area (Å²) in [6.45, 7) is 0. The van der Waals surface area contributed by atoms with E-state index < -0.39 is 23.5 Å². The van der Waals surface area contributed by atoms with Gasteiger partial charge in [-0.25, -0.2) is 0 Å². The van der Waals surface area contributed by atoms with Crippen LogP contribution in [-0.2, 0) is 12.4 Å². The Bertz CT molecular complexity index is 2250. The zero-order chi connectivity index (χ0) is 31.8. The van der Waals surface area contributed by atoms with E-state index >= 15 is 0 Å². The molecule has 226 valence electrons. The van der Waals surface area contributed by atoms with Crippen molar-refractivity contribution in [1.29, 1.82) is 0 Å². The Morgan fingerprint density at radius 1 is 0.348 bits per heavy atom. The summed E-state index contributed by atoms with van der Waals surface area (Å²) < 4.78 is 84.9. The fourth-order valence-corrected chi connectivity index (χ4v) is 6.46. The quantitative estimate of drug-likeness (QED) is 0.174. The number of hydrogen-bond donors (Lipinski definition) is 0. The molecule has 0 atom stereocenters. The van der Waals surface area contributed by atoms with Gasteiger partial charge in [0.2, 0.25) is 0 Å². The molecule has 0 unspecified atom stereocenters. The largest absolute Gasteiger partial charge is 0.416 e. The summed E-state index contributed by atoms with van der Waals surface area (Å²) in [6.07, 6.45) is -8.88. The Morgan fingerprint density at radius 3 is 1.07 bits per heavy atom. The van der Waals surface area contributed by atoms with E-state index in [2.05, 4.69) is 0 Å². The normalized spacial score (nSPS) is 12.6.